The fraction of sp³-hybridized carbons (Fsp3) is 0.857. The summed E-state index contributed by atoms with van der Waals surface area (Å²) in [5, 5.41) is 10.1. The van der Waals surface area contributed by atoms with E-state index in [0.29, 0.717) is 5.92 Å². The van der Waals surface area contributed by atoms with Crippen LogP contribution >= 0.6 is 15.9 Å². The van der Waals surface area contributed by atoms with Crippen LogP contribution in [0, 0.1) is 5.92 Å². The van der Waals surface area contributed by atoms with Gasteiger partial charge in [-0.15, -0.1) is 0 Å². The molecule has 2 heteroatoms. The van der Waals surface area contributed by atoms with Gasteiger partial charge in [0.2, 0.25) is 0 Å². The predicted octanol–water partition coefficient (Wildman–Crippen LogP) is 4.79. The van der Waals surface area contributed by atoms with Crippen molar-refractivity contribution in [3.05, 3.63) is 10.6 Å². The average molecular weight is 289 g/mol. The molecule has 2 atom stereocenters. The lowest BCUT2D eigenvalue weighted by Gasteiger charge is -2.25. The molecule has 0 aromatic heterocycles. The Kier molecular flexibility index (Phi) is 7.39. The summed E-state index contributed by atoms with van der Waals surface area (Å²) >= 11 is 3.53. The second kappa shape index (κ2) is 8.30. The van der Waals surface area contributed by atoms with Crippen molar-refractivity contribution in [3.63, 3.8) is 0 Å². The smallest absolute Gasteiger partial charge is 0.0571 e. The van der Waals surface area contributed by atoms with Crippen LogP contribution in [0.3, 0.4) is 0 Å². The molecule has 0 aromatic carbocycles. The third kappa shape index (κ3) is 5.49. The Labute approximate surface area is 108 Å². The fourth-order valence-corrected chi connectivity index (χ4v) is 2.78. The maximum absolute atomic E-state index is 10.1. The van der Waals surface area contributed by atoms with Gasteiger partial charge in [0.05, 0.1) is 6.10 Å². The van der Waals surface area contributed by atoms with E-state index in [-0.39, 0.29) is 6.10 Å². The molecule has 0 fully saturated rings. The number of unbranched alkanes of at least 4 members (excludes halogenated alkanes) is 4. The lowest BCUT2D eigenvalue weighted by molar-refractivity contribution is 0.0905. The van der Waals surface area contributed by atoms with Gasteiger partial charge in [-0.2, -0.15) is 0 Å². The Balaban J connectivity index is 2.08. The molecule has 0 aliphatic heterocycles. The number of rotatable bonds is 7. The first-order valence-electron chi connectivity index (χ1n) is 6.76. The number of hydrogen-bond donors (Lipinski definition) is 1. The molecule has 1 aliphatic rings. The van der Waals surface area contributed by atoms with Crippen LogP contribution in [0.15, 0.2) is 10.6 Å². The highest BCUT2D eigenvalue weighted by atomic mass is 79.9. The first-order chi connectivity index (χ1) is 7.74. The molecule has 0 amide bonds. The standard InChI is InChI=1S/C14H25BrO/c1-2-3-4-5-6-7-14(16)12-8-10-13(15)11-9-12/h10,12,14,16H,2-9,11H2,1H3. The van der Waals surface area contributed by atoms with Crippen molar-refractivity contribution >= 4 is 15.9 Å². The minimum atomic E-state index is -0.0709. The average Bonchev–Trinajstić information content (AvgIpc) is 2.29. The molecule has 0 radical (unpaired) electrons. The number of aliphatic hydroxyl groups is 1. The Morgan fingerprint density at radius 3 is 2.75 bits per heavy atom. The zero-order chi connectivity index (χ0) is 11.8. The summed E-state index contributed by atoms with van der Waals surface area (Å²) in [4.78, 5) is 0. The molecule has 1 nitrogen and oxygen atoms in total. The van der Waals surface area contributed by atoms with Crippen molar-refractivity contribution in [2.45, 2.75) is 70.8 Å². The Morgan fingerprint density at radius 1 is 1.38 bits per heavy atom. The highest BCUT2D eigenvalue weighted by Gasteiger charge is 2.20. The zero-order valence-electron chi connectivity index (χ0n) is 10.4. The highest BCUT2D eigenvalue weighted by Crippen LogP contribution is 2.30. The molecule has 0 saturated heterocycles. The Bertz CT molecular complexity index is 213. The molecule has 1 aliphatic carbocycles. The van der Waals surface area contributed by atoms with Gasteiger partial charge in [-0.3, -0.25) is 0 Å². The molecular formula is C14H25BrO. The van der Waals surface area contributed by atoms with Crippen LogP contribution in [0.25, 0.3) is 0 Å². The van der Waals surface area contributed by atoms with Crippen molar-refractivity contribution in [3.8, 4) is 0 Å². The maximum Gasteiger partial charge on any atom is 0.0571 e. The van der Waals surface area contributed by atoms with Crippen LogP contribution in [0.2, 0.25) is 0 Å². The second-order valence-electron chi connectivity index (χ2n) is 4.96. The molecule has 1 rings (SSSR count). The van der Waals surface area contributed by atoms with E-state index in [1.807, 2.05) is 0 Å². The molecule has 2 unspecified atom stereocenters. The monoisotopic (exact) mass is 288 g/mol. The van der Waals surface area contributed by atoms with Gasteiger partial charge in [-0.25, -0.2) is 0 Å². The van der Waals surface area contributed by atoms with Crippen LogP contribution < -0.4 is 0 Å². The van der Waals surface area contributed by atoms with E-state index in [0.717, 1.165) is 25.7 Å². The third-order valence-corrected chi connectivity index (χ3v) is 4.26. The summed E-state index contributed by atoms with van der Waals surface area (Å²) in [5.41, 5.74) is 0. The summed E-state index contributed by atoms with van der Waals surface area (Å²) in [6, 6.07) is 0. The van der Waals surface area contributed by atoms with E-state index in [2.05, 4.69) is 28.9 Å². The third-order valence-electron chi connectivity index (χ3n) is 3.54. The summed E-state index contributed by atoms with van der Waals surface area (Å²) in [7, 11) is 0. The van der Waals surface area contributed by atoms with Gasteiger partial charge in [0, 0.05) is 0 Å². The van der Waals surface area contributed by atoms with Crippen LogP contribution in [0.4, 0.5) is 0 Å². The lowest BCUT2D eigenvalue weighted by Crippen LogP contribution is -2.21. The van der Waals surface area contributed by atoms with Crippen molar-refractivity contribution in [2.75, 3.05) is 0 Å². The quantitative estimate of drug-likeness (QED) is 0.668. The fourth-order valence-electron chi connectivity index (χ4n) is 2.36. The summed E-state index contributed by atoms with van der Waals surface area (Å²) in [5.74, 6) is 0.507. The largest absolute Gasteiger partial charge is 0.393 e. The van der Waals surface area contributed by atoms with Crippen LogP contribution in [-0.4, -0.2) is 11.2 Å². The minimum absolute atomic E-state index is 0.0709. The number of allylic oxidation sites excluding steroid dienone is 2. The van der Waals surface area contributed by atoms with Crippen molar-refractivity contribution in [1.29, 1.82) is 0 Å². The van der Waals surface area contributed by atoms with E-state index < -0.39 is 0 Å². The van der Waals surface area contributed by atoms with Crippen molar-refractivity contribution in [2.24, 2.45) is 5.92 Å². The van der Waals surface area contributed by atoms with Gasteiger partial charge in [0.1, 0.15) is 0 Å². The molecule has 1 N–H and O–H groups in total. The first kappa shape index (κ1) is 14.2. The molecular weight excluding hydrogens is 264 g/mol. The number of halogens is 1. The normalized spacial score (nSPS) is 22.9. The maximum atomic E-state index is 10.1. The van der Waals surface area contributed by atoms with Gasteiger partial charge in [0.25, 0.3) is 0 Å². The van der Waals surface area contributed by atoms with E-state index >= 15 is 0 Å². The van der Waals surface area contributed by atoms with Gasteiger partial charge in [-0.05, 0) is 36.1 Å². The first-order valence-corrected chi connectivity index (χ1v) is 7.56. The molecule has 16 heavy (non-hydrogen) atoms. The SMILES string of the molecule is CCCCCCCC(O)C1CC=C(Br)CC1. The van der Waals surface area contributed by atoms with Crippen LogP contribution in [0.1, 0.15) is 64.7 Å². The predicted molar refractivity (Wildman–Crippen MR) is 73.7 cm³/mol. The van der Waals surface area contributed by atoms with E-state index in [4.69, 9.17) is 0 Å². The Hall–Kier alpha value is 0.180. The van der Waals surface area contributed by atoms with Crippen molar-refractivity contribution < 1.29 is 5.11 Å². The minimum Gasteiger partial charge on any atom is -0.393 e. The van der Waals surface area contributed by atoms with Crippen LogP contribution in [-0.2, 0) is 0 Å². The summed E-state index contributed by atoms with van der Waals surface area (Å²) in [6.45, 7) is 2.24. The molecule has 0 bridgehead atoms. The molecule has 0 aromatic rings. The number of aliphatic hydroxyl groups excluding tert-OH is 1. The Morgan fingerprint density at radius 2 is 2.12 bits per heavy atom. The zero-order valence-corrected chi connectivity index (χ0v) is 12.0. The van der Waals surface area contributed by atoms with Crippen LogP contribution in [0.5, 0.6) is 0 Å². The van der Waals surface area contributed by atoms with E-state index in [1.165, 1.54) is 36.6 Å². The van der Waals surface area contributed by atoms with E-state index in [9.17, 15) is 5.11 Å². The topological polar surface area (TPSA) is 20.2 Å². The molecule has 0 saturated carbocycles. The highest BCUT2D eigenvalue weighted by molar-refractivity contribution is 9.11. The van der Waals surface area contributed by atoms with Gasteiger partial charge < -0.3 is 5.11 Å². The molecule has 0 heterocycles. The molecule has 0 spiro atoms. The van der Waals surface area contributed by atoms with E-state index in [1.54, 1.807) is 0 Å². The van der Waals surface area contributed by atoms with Crippen molar-refractivity contribution in [1.82, 2.24) is 0 Å². The van der Waals surface area contributed by atoms with Gasteiger partial charge in [-0.1, -0.05) is 61.0 Å². The van der Waals surface area contributed by atoms with Gasteiger partial charge in [0.15, 0.2) is 0 Å². The summed E-state index contributed by atoms with van der Waals surface area (Å²) in [6.07, 6.45) is 12.9. The lowest BCUT2D eigenvalue weighted by atomic mass is 9.87. The van der Waals surface area contributed by atoms with Gasteiger partial charge >= 0.3 is 0 Å². The molecule has 94 valence electrons. The number of hydrogen-bond acceptors (Lipinski definition) is 1. The summed E-state index contributed by atoms with van der Waals surface area (Å²) < 4.78 is 1.32. The second-order valence-corrected chi connectivity index (χ2v) is 5.97.